The standard InChI is InChI=1S/C12H16N2O4/c13-8-1-2-11(10(5-8)12(16)17)14-3-4-18-7-9(14)6-15/h1-2,5,9,15H,3-4,6-7,13H2,(H,16,17). The Balaban J connectivity index is 2.39. The molecule has 2 rings (SSSR count). The Morgan fingerprint density at radius 1 is 1.56 bits per heavy atom. The van der Waals surface area contributed by atoms with E-state index in [0.29, 0.717) is 31.1 Å². The van der Waals surface area contributed by atoms with Crippen LogP contribution in [0.1, 0.15) is 10.4 Å². The van der Waals surface area contributed by atoms with Crippen molar-refractivity contribution >= 4 is 17.3 Å². The quantitative estimate of drug-likeness (QED) is 0.663. The largest absolute Gasteiger partial charge is 0.478 e. The van der Waals surface area contributed by atoms with Crippen LogP contribution in [0.15, 0.2) is 18.2 Å². The van der Waals surface area contributed by atoms with Gasteiger partial charge in [0.1, 0.15) is 0 Å². The molecule has 0 saturated carbocycles. The Kier molecular flexibility index (Phi) is 3.69. The fourth-order valence-electron chi connectivity index (χ4n) is 2.10. The minimum atomic E-state index is -1.03. The second-order valence-corrected chi connectivity index (χ2v) is 4.19. The SMILES string of the molecule is Nc1ccc(N2CCOCC2CO)c(C(=O)O)c1. The second-order valence-electron chi connectivity index (χ2n) is 4.19. The number of aromatic carboxylic acids is 1. The molecule has 0 spiro atoms. The van der Waals surface area contributed by atoms with Crippen LogP contribution < -0.4 is 10.6 Å². The Labute approximate surface area is 105 Å². The van der Waals surface area contributed by atoms with Crippen LogP contribution in [0.4, 0.5) is 11.4 Å². The topological polar surface area (TPSA) is 96.0 Å². The van der Waals surface area contributed by atoms with Gasteiger partial charge in [-0.15, -0.1) is 0 Å². The number of ether oxygens (including phenoxy) is 1. The van der Waals surface area contributed by atoms with Gasteiger partial charge in [0.05, 0.1) is 37.1 Å². The Morgan fingerprint density at radius 3 is 3.00 bits per heavy atom. The van der Waals surface area contributed by atoms with Crippen molar-refractivity contribution in [1.29, 1.82) is 0 Å². The molecule has 0 bridgehead atoms. The molecule has 1 aromatic rings. The molecule has 1 saturated heterocycles. The summed E-state index contributed by atoms with van der Waals surface area (Å²) in [5.41, 5.74) is 6.73. The first-order valence-corrected chi connectivity index (χ1v) is 5.71. The van der Waals surface area contributed by atoms with Crippen molar-refractivity contribution in [2.24, 2.45) is 0 Å². The molecule has 0 aliphatic carbocycles. The van der Waals surface area contributed by atoms with E-state index in [1.165, 1.54) is 6.07 Å². The molecule has 0 amide bonds. The Hall–Kier alpha value is -1.79. The lowest BCUT2D eigenvalue weighted by Crippen LogP contribution is -2.48. The summed E-state index contributed by atoms with van der Waals surface area (Å²) >= 11 is 0. The molecule has 0 aromatic heterocycles. The average molecular weight is 252 g/mol. The molecule has 18 heavy (non-hydrogen) atoms. The fourth-order valence-corrected chi connectivity index (χ4v) is 2.10. The first kappa shape index (κ1) is 12.7. The number of nitrogens with zero attached hydrogens (tertiary/aromatic N) is 1. The predicted molar refractivity (Wildman–Crippen MR) is 66.9 cm³/mol. The zero-order chi connectivity index (χ0) is 13.1. The molecule has 1 heterocycles. The molecule has 1 aromatic carbocycles. The molecule has 1 aliphatic heterocycles. The number of carbonyl (C=O) groups is 1. The van der Waals surface area contributed by atoms with Crippen molar-refractivity contribution in [3.8, 4) is 0 Å². The lowest BCUT2D eigenvalue weighted by molar-refractivity contribution is 0.0677. The van der Waals surface area contributed by atoms with Gasteiger partial charge in [-0.3, -0.25) is 0 Å². The highest BCUT2D eigenvalue weighted by atomic mass is 16.5. The minimum absolute atomic E-state index is 0.0799. The fraction of sp³-hybridized carbons (Fsp3) is 0.417. The lowest BCUT2D eigenvalue weighted by Gasteiger charge is -2.37. The number of rotatable bonds is 3. The summed E-state index contributed by atoms with van der Waals surface area (Å²) in [4.78, 5) is 13.1. The predicted octanol–water partition coefficient (Wildman–Crippen LogP) is 0.165. The summed E-state index contributed by atoms with van der Waals surface area (Å²) in [6, 6.07) is 4.54. The van der Waals surface area contributed by atoms with Crippen LogP contribution in [-0.4, -0.2) is 48.6 Å². The number of morpholine rings is 1. The van der Waals surface area contributed by atoms with Gasteiger partial charge in [0.25, 0.3) is 0 Å². The monoisotopic (exact) mass is 252 g/mol. The minimum Gasteiger partial charge on any atom is -0.478 e. The van der Waals surface area contributed by atoms with E-state index < -0.39 is 5.97 Å². The summed E-state index contributed by atoms with van der Waals surface area (Å²) in [6.45, 7) is 1.37. The maximum absolute atomic E-state index is 11.2. The molecule has 1 atom stereocenters. The van der Waals surface area contributed by atoms with Crippen molar-refractivity contribution in [3.63, 3.8) is 0 Å². The maximum atomic E-state index is 11.2. The van der Waals surface area contributed by atoms with E-state index in [2.05, 4.69) is 0 Å². The molecular formula is C12H16N2O4. The molecule has 6 heteroatoms. The van der Waals surface area contributed by atoms with Crippen molar-refractivity contribution in [2.45, 2.75) is 6.04 Å². The summed E-state index contributed by atoms with van der Waals surface area (Å²) in [5, 5.41) is 18.5. The number of carboxylic acid groups (broad SMARTS) is 1. The van der Waals surface area contributed by atoms with Crippen LogP contribution in [0.25, 0.3) is 0 Å². The van der Waals surface area contributed by atoms with Crippen LogP contribution in [0.3, 0.4) is 0 Å². The van der Waals surface area contributed by atoms with E-state index in [4.69, 9.17) is 10.5 Å². The van der Waals surface area contributed by atoms with Gasteiger partial charge in [0.2, 0.25) is 0 Å². The number of nitrogens with two attached hydrogens (primary N) is 1. The molecule has 1 fully saturated rings. The van der Waals surface area contributed by atoms with Gasteiger partial charge in [-0.2, -0.15) is 0 Å². The average Bonchev–Trinajstić information content (AvgIpc) is 2.38. The number of benzene rings is 1. The highest BCUT2D eigenvalue weighted by molar-refractivity contribution is 5.95. The normalized spacial score (nSPS) is 19.8. The van der Waals surface area contributed by atoms with Crippen molar-refractivity contribution in [3.05, 3.63) is 23.8 Å². The zero-order valence-electron chi connectivity index (χ0n) is 9.87. The van der Waals surface area contributed by atoms with E-state index in [0.717, 1.165) is 0 Å². The number of aliphatic hydroxyl groups excluding tert-OH is 1. The van der Waals surface area contributed by atoms with Gasteiger partial charge in [-0.05, 0) is 18.2 Å². The highest BCUT2D eigenvalue weighted by Crippen LogP contribution is 2.26. The van der Waals surface area contributed by atoms with Crippen molar-refractivity contribution < 1.29 is 19.7 Å². The first-order chi connectivity index (χ1) is 8.63. The highest BCUT2D eigenvalue weighted by Gasteiger charge is 2.26. The number of hydrogen-bond acceptors (Lipinski definition) is 5. The van der Waals surface area contributed by atoms with Gasteiger partial charge >= 0.3 is 5.97 Å². The summed E-state index contributed by atoms with van der Waals surface area (Å²) in [5.74, 6) is -1.03. The van der Waals surface area contributed by atoms with Crippen LogP contribution >= 0.6 is 0 Å². The third-order valence-electron chi connectivity index (χ3n) is 3.00. The van der Waals surface area contributed by atoms with E-state index in [1.807, 2.05) is 4.90 Å². The van der Waals surface area contributed by atoms with E-state index in [1.54, 1.807) is 12.1 Å². The van der Waals surface area contributed by atoms with E-state index >= 15 is 0 Å². The van der Waals surface area contributed by atoms with Gasteiger partial charge in [-0.25, -0.2) is 4.79 Å². The molecule has 1 unspecified atom stereocenters. The number of anilines is 2. The van der Waals surface area contributed by atoms with Gasteiger partial charge < -0.3 is 25.6 Å². The van der Waals surface area contributed by atoms with Gasteiger partial charge in [-0.1, -0.05) is 0 Å². The molecular weight excluding hydrogens is 236 g/mol. The zero-order valence-corrected chi connectivity index (χ0v) is 9.87. The van der Waals surface area contributed by atoms with Gasteiger partial charge in [0.15, 0.2) is 0 Å². The van der Waals surface area contributed by atoms with Crippen LogP contribution in [-0.2, 0) is 4.74 Å². The Morgan fingerprint density at radius 2 is 2.33 bits per heavy atom. The summed E-state index contributed by atoms with van der Waals surface area (Å²) < 4.78 is 5.28. The first-order valence-electron chi connectivity index (χ1n) is 5.71. The van der Waals surface area contributed by atoms with Crippen LogP contribution in [0.2, 0.25) is 0 Å². The number of nitrogen functional groups attached to an aromatic ring is 1. The van der Waals surface area contributed by atoms with Crippen LogP contribution in [0, 0.1) is 0 Å². The van der Waals surface area contributed by atoms with Crippen molar-refractivity contribution in [1.82, 2.24) is 0 Å². The Bertz CT molecular complexity index is 450. The molecule has 1 aliphatic rings. The molecule has 6 nitrogen and oxygen atoms in total. The van der Waals surface area contributed by atoms with E-state index in [9.17, 15) is 15.0 Å². The van der Waals surface area contributed by atoms with E-state index in [-0.39, 0.29) is 18.2 Å². The third kappa shape index (κ3) is 2.39. The summed E-state index contributed by atoms with van der Waals surface area (Å²) in [7, 11) is 0. The number of carboxylic acids is 1. The number of hydrogen-bond donors (Lipinski definition) is 3. The third-order valence-corrected chi connectivity index (χ3v) is 3.00. The summed E-state index contributed by atoms with van der Waals surface area (Å²) in [6.07, 6.45) is 0. The molecule has 98 valence electrons. The van der Waals surface area contributed by atoms with Gasteiger partial charge in [0, 0.05) is 12.2 Å². The maximum Gasteiger partial charge on any atom is 0.337 e. The molecule has 4 N–H and O–H groups in total. The molecule has 0 radical (unpaired) electrons. The smallest absolute Gasteiger partial charge is 0.337 e. The van der Waals surface area contributed by atoms with Crippen LogP contribution in [0.5, 0.6) is 0 Å². The number of aliphatic hydroxyl groups is 1. The van der Waals surface area contributed by atoms with Crippen molar-refractivity contribution in [2.75, 3.05) is 37.0 Å². The second kappa shape index (κ2) is 5.24. The lowest BCUT2D eigenvalue weighted by atomic mass is 10.1.